The van der Waals surface area contributed by atoms with E-state index < -0.39 is 0 Å². The normalized spacial score (nSPS) is 10.4. The van der Waals surface area contributed by atoms with Crippen LogP contribution in [0.15, 0.2) is 36.7 Å². The van der Waals surface area contributed by atoms with Crippen molar-refractivity contribution in [2.75, 3.05) is 5.32 Å². The number of benzene rings is 1. The molecule has 100 valence electrons. The van der Waals surface area contributed by atoms with Crippen LogP contribution in [0.5, 0.6) is 0 Å². The summed E-state index contributed by atoms with van der Waals surface area (Å²) in [6, 6.07) is 9.72. The maximum absolute atomic E-state index is 12.3. The predicted molar refractivity (Wildman–Crippen MR) is 76.6 cm³/mol. The van der Waals surface area contributed by atoms with Crippen LogP contribution in [-0.2, 0) is 0 Å². The van der Waals surface area contributed by atoms with Crippen LogP contribution in [0.25, 0.3) is 10.4 Å². The summed E-state index contributed by atoms with van der Waals surface area (Å²) in [6.45, 7) is 1.88. The molecule has 0 spiro atoms. The molecule has 0 bridgehead atoms. The zero-order valence-electron chi connectivity index (χ0n) is 10.6. The predicted octanol–water partition coefficient (Wildman–Crippen LogP) is 2.49. The van der Waals surface area contributed by atoms with E-state index in [1.165, 1.54) is 17.7 Å². The molecule has 0 unspecified atom stereocenters. The summed E-state index contributed by atoms with van der Waals surface area (Å²) in [5, 5.41) is 9.75. The fourth-order valence-corrected chi connectivity index (χ4v) is 2.72. The third-order valence-electron chi connectivity index (χ3n) is 2.63. The van der Waals surface area contributed by atoms with Crippen molar-refractivity contribution in [1.29, 1.82) is 0 Å². The number of nitrogens with zero attached hydrogens (tertiary/aromatic N) is 3. The maximum Gasteiger partial charge on any atom is 0.278 e. The van der Waals surface area contributed by atoms with E-state index in [1.807, 2.05) is 37.3 Å². The number of aryl methyl sites for hydroxylation is 1. The minimum absolute atomic E-state index is 0.301. The van der Waals surface area contributed by atoms with Crippen LogP contribution in [-0.4, -0.2) is 26.1 Å². The number of anilines is 1. The molecule has 7 heteroatoms. The molecule has 3 aromatic rings. The highest BCUT2D eigenvalue weighted by atomic mass is 32.1. The van der Waals surface area contributed by atoms with Gasteiger partial charge in [0.25, 0.3) is 5.91 Å². The van der Waals surface area contributed by atoms with Gasteiger partial charge in [-0.05, 0) is 12.5 Å². The van der Waals surface area contributed by atoms with Crippen molar-refractivity contribution < 1.29 is 4.79 Å². The van der Waals surface area contributed by atoms with Gasteiger partial charge in [-0.2, -0.15) is 10.1 Å². The van der Waals surface area contributed by atoms with E-state index in [0.29, 0.717) is 11.6 Å². The van der Waals surface area contributed by atoms with Crippen molar-refractivity contribution in [2.24, 2.45) is 0 Å². The first-order valence-electron chi connectivity index (χ1n) is 5.93. The number of amides is 1. The number of carbonyl (C=O) groups excluding carboxylic acids is 1. The Morgan fingerprint density at radius 3 is 2.80 bits per heavy atom. The molecule has 0 aliphatic carbocycles. The molecule has 0 radical (unpaired) electrons. The van der Waals surface area contributed by atoms with E-state index in [2.05, 4.69) is 25.5 Å². The molecule has 0 atom stereocenters. The summed E-state index contributed by atoms with van der Waals surface area (Å²) < 4.78 is 0. The van der Waals surface area contributed by atoms with Gasteiger partial charge in [-0.25, -0.2) is 10.1 Å². The van der Waals surface area contributed by atoms with Crippen LogP contribution >= 0.6 is 11.3 Å². The van der Waals surface area contributed by atoms with Crippen molar-refractivity contribution >= 4 is 23.2 Å². The van der Waals surface area contributed by atoms with Crippen LogP contribution in [0.2, 0.25) is 0 Å². The summed E-state index contributed by atoms with van der Waals surface area (Å²) in [4.78, 5) is 21.3. The van der Waals surface area contributed by atoms with Gasteiger partial charge in [0.2, 0.25) is 5.95 Å². The molecular formula is C13H11N5OS. The summed E-state index contributed by atoms with van der Waals surface area (Å²) in [6.07, 6.45) is 1.33. The molecule has 0 saturated carbocycles. The Morgan fingerprint density at radius 2 is 2.10 bits per heavy atom. The van der Waals surface area contributed by atoms with E-state index in [9.17, 15) is 4.79 Å². The maximum atomic E-state index is 12.3. The Hall–Kier alpha value is -2.54. The second-order valence-electron chi connectivity index (χ2n) is 4.06. The summed E-state index contributed by atoms with van der Waals surface area (Å²) >= 11 is 1.49. The van der Waals surface area contributed by atoms with Gasteiger partial charge < -0.3 is 0 Å². The van der Waals surface area contributed by atoms with Crippen molar-refractivity contribution in [2.45, 2.75) is 6.92 Å². The third-order valence-corrected chi connectivity index (χ3v) is 3.65. The largest absolute Gasteiger partial charge is 0.289 e. The highest BCUT2D eigenvalue weighted by molar-refractivity contribution is 7.15. The average Bonchev–Trinajstić information content (AvgIpc) is 3.09. The van der Waals surface area contributed by atoms with Crippen LogP contribution < -0.4 is 5.32 Å². The molecule has 6 nitrogen and oxygen atoms in total. The van der Waals surface area contributed by atoms with Gasteiger partial charge in [-0.15, -0.1) is 11.3 Å². The Labute approximate surface area is 118 Å². The molecule has 0 saturated heterocycles. The van der Waals surface area contributed by atoms with Gasteiger partial charge in [-0.1, -0.05) is 30.3 Å². The summed E-state index contributed by atoms with van der Waals surface area (Å²) in [5.41, 5.74) is 1.37. The first-order valence-corrected chi connectivity index (χ1v) is 6.75. The van der Waals surface area contributed by atoms with Crippen molar-refractivity contribution in [3.63, 3.8) is 0 Å². The Kier molecular flexibility index (Phi) is 3.26. The van der Waals surface area contributed by atoms with Gasteiger partial charge in [0.1, 0.15) is 12.0 Å². The minimum Gasteiger partial charge on any atom is -0.289 e. The second kappa shape index (κ2) is 5.22. The number of H-pyrrole nitrogens is 1. The fourth-order valence-electron chi connectivity index (χ4n) is 1.80. The van der Waals surface area contributed by atoms with Crippen molar-refractivity contribution in [3.05, 3.63) is 47.4 Å². The number of hydrogen-bond acceptors (Lipinski definition) is 5. The Balaban J connectivity index is 1.96. The lowest BCUT2D eigenvalue weighted by molar-refractivity contribution is 0.102. The van der Waals surface area contributed by atoms with E-state index >= 15 is 0 Å². The number of carbonyl (C=O) groups is 1. The molecule has 20 heavy (non-hydrogen) atoms. The number of aromatic nitrogens is 4. The van der Waals surface area contributed by atoms with E-state index in [1.54, 1.807) is 0 Å². The van der Waals surface area contributed by atoms with Gasteiger partial charge >= 0.3 is 0 Å². The zero-order chi connectivity index (χ0) is 13.9. The first kappa shape index (κ1) is 12.5. The lowest BCUT2D eigenvalue weighted by Crippen LogP contribution is -2.14. The van der Waals surface area contributed by atoms with Crippen molar-refractivity contribution in [3.8, 4) is 10.4 Å². The molecule has 0 fully saturated rings. The van der Waals surface area contributed by atoms with E-state index in [-0.39, 0.29) is 5.91 Å². The van der Waals surface area contributed by atoms with Gasteiger partial charge in [-0.3, -0.25) is 10.1 Å². The molecule has 0 aliphatic rings. The van der Waals surface area contributed by atoms with Gasteiger partial charge in [0.15, 0.2) is 0 Å². The lowest BCUT2D eigenvalue weighted by atomic mass is 10.1. The molecule has 2 aromatic heterocycles. The van der Waals surface area contributed by atoms with Gasteiger partial charge in [0, 0.05) is 0 Å². The summed E-state index contributed by atoms with van der Waals surface area (Å²) in [5.74, 6) is 0.00428. The Morgan fingerprint density at radius 1 is 1.30 bits per heavy atom. The van der Waals surface area contributed by atoms with Crippen LogP contribution in [0.1, 0.15) is 15.5 Å². The molecule has 1 amide bonds. The van der Waals surface area contributed by atoms with Crippen LogP contribution in [0.4, 0.5) is 5.95 Å². The topological polar surface area (TPSA) is 83.6 Å². The molecule has 1 aromatic carbocycles. The number of hydrogen-bond donors (Lipinski definition) is 2. The highest BCUT2D eigenvalue weighted by Gasteiger charge is 2.18. The molecule has 2 N–H and O–H groups in total. The third kappa shape index (κ3) is 2.43. The molecule has 2 heterocycles. The number of rotatable bonds is 3. The fraction of sp³-hybridized carbons (Fsp3) is 0.0769. The SMILES string of the molecule is Cc1nc(C(=O)Nc2ncn[nH]2)c(-c2ccccc2)s1. The van der Waals surface area contributed by atoms with Crippen LogP contribution in [0.3, 0.4) is 0 Å². The molecule has 3 rings (SSSR count). The number of nitrogens with one attached hydrogen (secondary N) is 2. The lowest BCUT2D eigenvalue weighted by Gasteiger charge is -2.02. The van der Waals surface area contributed by atoms with Crippen LogP contribution in [0, 0.1) is 6.92 Å². The smallest absolute Gasteiger partial charge is 0.278 e. The van der Waals surface area contributed by atoms with Gasteiger partial charge in [0.05, 0.1) is 9.88 Å². The highest BCUT2D eigenvalue weighted by Crippen LogP contribution is 2.30. The first-order chi connectivity index (χ1) is 9.74. The van der Waals surface area contributed by atoms with E-state index in [0.717, 1.165) is 15.4 Å². The Bertz CT molecular complexity index is 721. The standard InChI is InChI=1S/C13H11N5OS/c1-8-16-10(12(19)17-13-14-7-15-18-13)11(20-8)9-5-3-2-4-6-9/h2-7H,1H3,(H2,14,15,17,18,19). The quantitative estimate of drug-likeness (QED) is 0.774. The summed E-state index contributed by atoms with van der Waals surface area (Å²) in [7, 11) is 0. The van der Waals surface area contributed by atoms with Crippen molar-refractivity contribution in [1.82, 2.24) is 20.2 Å². The molecular weight excluding hydrogens is 274 g/mol. The number of aromatic amines is 1. The zero-order valence-corrected chi connectivity index (χ0v) is 11.4. The van der Waals surface area contributed by atoms with E-state index in [4.69, 9.17) is 0 Å². The average molecular weight is 285 g/mol. The minimum atomic E-state index is -0.301. The second-order valence-corrected chi connectivity index (χ2v) is 5.27. The monoisotopic (exact) mass is 285 g/mol. The number of thiazole rings is 1. The molecule has 0 aliphatic heterocycles.